The van der Waals surface area contributed by atoms with Gasteiger partial charge in [0.25, 0.3) is 0 Å². The molecule has 2 unspecified atom stereocenters. The van der Waals surface area contributed by atoms with Gasteiger partial charge in [-0.25, -0.2) is 0 Å². The molecule has 2 rings (SSSR count). The van der Waals surface area contributed by atoms with Crippen LogP contribution in [0.25, 0.3) is 0 Å². The molecule has 116 valence electrons. The number of carbonyl (C=O) groups is 1. The van der Waals surface area contributed by atoms with E-state index in [4.69, 9.17) is 0 Å². The highest BCUT2D eigenvalue weighted by atomic mass is 16.1. The fraction of sp³-hybridized carbons (Fsp3) is 0.611. The van der Waals surface area contributed by atoms with Gasteiger partial charge in [0.1, 0.15) is 0 Å². The van der Waals surface area contributed by atoms with Crippen molar-refractivity contribution in [1.82, 2.24) is 0 Å². The lowest BCUT2D eigenvalue weighted by molar-refractivity contribution is -0.115. The van der Waals surface area contributed by atoms with Crippen LogP contribution in [-0.2, 0) is 4.79 Å². The van der Waals surface area contributed by atoms with E-state index in [2.05, 4.69) is 36.6 Å². The zero-order chi connectivity index (χ0) is 15.2. The quantitative estimate of drug-likeness (QED) is 0.827. The summed E-state index contributed by atoms with van der Waals surface area (Å²) in [5.74, 6) is 1.68. The van der Waals surface area contributed by atoms with Crippen LogP contribution in [0.15, 0.2) is 24.3 Å². The second-order valence-electron chi connectivity index (χ2n) is 6.49. The first kappa shape index (κ1) is 15.9. The summed E-state index contributed by atoms with van der Waals surface area (Å²) in [6.45, 7) is 6.52. The van der Waals surface area contributed by atoms with Crippen LogP contribution in [0.4, 0.5) is 11.4 Å². The molecule has 0 spiro atoms. The minimum Gasteiger partial charge on any atom is -0.382 e. The van der Waals surface area contributed by atoms with Gasteiger partial charge < -0.3 is 10.6 Å². The van der Waals surface area contributed by atoms with Crippen LogP contribution in [0, 0.1) is 11.8 Å². The number of benzene rings is 1. The molecule has 0 heterocycles. The van der Waals surface area contributed by atoms with Crippen LogP contribution >= 0.6 is 0 Å². The van der Waals surface area contributed by atoms with E-state index in [1.165, 1.54) is 25.7 Å². The second kappa shape index (κ2) is 7.48. The first-order chi connectivity index (χ1) is 10.1. The minimum atomic E-state index is 0.0581. The van der Waals surface area contributed by atoms with E-state index < -0.39 is 0 Å². The summed E-state index contributed by atoms with van der Waals surface area (Å²) < 4.78 is 0. The Morgan fingerprint density at radius 1 is 1.19 bits per heavy atom. The molecule has 0 radical (unpaired) electrons. The molecule has 3 nitrogen and oxygen atoms in total. The van der Waals surface area contributed by atoms with Crippen molar-refractivity contribution in [3.8, 4) is 0 Å². The van der Waals surface area contributed by atoms with Crippen LogP contribution in [0.2, 0.25) is 0 Å². The van der Waals surface area contributed by atoms with E-state index in [1.807, 2.05) is 19.1 Å². The van der Waals surface area contributed by atoms with Crippen LogP contribution < -0.4 is 10.6 Å². The maximum Gasteiger partial charge on any atom is 0.224 e. The smallest absolute Gasteiger partial charge is 0.224 e. The van der Waals surface area contributed by atoms with Gasteiger partial charge in [0, 0.05) is 23.8 Å². The van der Waals surface area contributed by atoms with Gasteiger partial charge in [-0.3, -0.25) is 4.79 Å². The number of nitrogens with one attached hydrogen (secondary N) is 2. The molecule has 1 aliphatic rings. The van der Waals surface area contributed by atoms with Gasteiger partial charge >= 0.3 is 0 Å². The fourth-order valence-electron chi connectivity index (χ4n) is 3.10. The Balaban J connectivity index is 1.89. The molecule has 0 bridgehead atoms. The predicted molar refractivity (Wildman–Crippen MR) is 89.6 cm³/mol. The summed E-state index contributed by atoms with van der Waals surface area (Å²) in [5.41, 5.74) is 2.02. The van der Waals surface area contributed by atoms with Crippen molar-refractivity contribution in [1.29, 1.82) is 0 Å². The summed E-state index contributed by atoms with van der Waals surface area (Å²) in [6, 6.07) is 8.65. The summed E-state index contributed by atoms with van der Waals surface area (Å²) >= 11 is 0. The number of carbonyl (C=O) groups excluding carboxylic acids is 1. The van der Waals surface area contributed by atoms with Gasteiger partial charge in [-0.05, 0) is 48.9 Å². The Morgan fingerprint density at radius 3 is 2.48 bits per heavy atom. The molecule has 0 saturated heterocycles. The summed E-state index contributed by atoms with van der Waals surface area (Å²) in [7, 11) is 0. The van der Waals surface area contributed by atoms with Gasteiger partial charge in [0.05, 0.1) is 0 Å². The molecule has 2 atom stereocenters. The molecule has 1 saturated carbocycles. The molecule has 1 amide bonds. The Morgan fingerprint density at radius 2 is 1.86 bits per heavy atom. The van der Waals surface area contributed by atoms with Crippen LogP contribution in [0.3, 0.4) is 0 Å². The molecular formula is C18H28N2O. The Hall–Kier alpha value is -1.51. The normalized spacial score (nSPS) is 22.1. The molecular weight excluding hydrogens is 260 g/mol. The Bertz CT molecular complexity index is 453. The third kappa shape index (κ3) is 4.76. The average molecular weight is 288 g/mol. The standard InChI is InChI=1S/C18H28N2O/c1-4-18(21)20-16-10-8-15(9-11-16)19-17-7-5-6-14(12-17)13(2)3/h8-11,13-14,17,19H,4-7,12H2,1-3H3,(H,20,21). The molecule has 1 fully saturated rings. The number of hydrogen-bond acceptors (Lipinski definition) is 2. The first-order valence-electron chi connectivity index (χ1n) is 8.25. The summed E-state index contributed by atoms with van der Waals surface area (Å²) in [6.07, 6.45) is 5.74. The number of amides is 1. The lowest BCUT2D eigenvalue weighted by Gasteiger charge is -2.32. The lowest BCUT2D eigenvalue weighted by atomic mass is 9.79. The van der Waals surface area contributed by atoms with E-state index in [9.17, 15) is 4.79 Å². The van der Waals surface area contributed by atoms with Crippen molar-refractivity contribution in [2.24, 2.45) is 11.8 Å². The SMILES string of the molecule is CCC(=O)Nc1ccc(NC2CCCC(C(C)C)C2)cc1. The zero-order valence-corrected chi connectivity index (χ0v) is 13.5. The molecule has 0 aromatic heterocycles. The summed E-state index contributed by atoms with van der Waals surface area (Å²) in [5, 5.41) is 6.53. The molecule has 2 N–H and O–H groups in total. The van der Waals surface area contributed by atoms with E-state index in [1.54, 1.807) is 0 Å². The maximum atomic E-state index is 11.4. The van der Waals surface area contributed by atoms with Crippen molar-refractivity contribution in [3.63, 3.8) is 0 Å². The third-order valence-electron chi connectivity index (χ3n) is 4.52. The minimum absolute atomic E-state index is 0.0581. The van der Waals surface area contributed by atoms with E-state index >= 15 is 0 Å². The van der Waals surface area contributed by atoms with Gasteiger partial charge in [0.2, 0.25) is 5.91 Å². The molecule has 1 aromatic rings. The number of anilines is 2. The highest BCUT2D eigenvalue weighted by molar-refractivity contribution is 5.90. The van der Waals surface area contributed by atoms with Crippen molar-refractivity contribution in [2.75, 3.05) is 10.6 Å². The van der Waals surface area contributed by atoms with Crippen molar-refractivity contribution < 1.29 is 4.79 Å². The van der Waals surface area contributed by atoms with Crippen molar-refractivity contribution >= 4 is 17.3 Å². The van der Waals surface area contributed by atoms with Crippen molar-refractivity contribution in [2.45, 2.75) is 58.9 Å². The number of hydrogen-bond donors (Lipinski definition) is 2. The summed E-state index contributed by atoms with van der Waals surface area (Å²) in [4.78, 5) is 11.4. The monoisotopic (exact) mass is 288 g/mol. The van der Waals surface area contributed by atoms with Crippen LogP contribution in [-0.4, -0.2) is 11.9 Å². The largest absolute Gasteiger partial charge is 0.382 e. The van der Waals surface area contributed by atoms with Crippen molar-refractivity contribution in [3.05, 3.63) is 24.3 Å². The zero-order valence-electron chi connectivity index (χ0n) is 13.5. The highest BCUT2D eigenvalue weighted by Gasteiger charge is 2.23. The average Bonchev–Trinajstić information content (AvgIpc) is 2.49. The Kier molecular flexibility index (Phi) is 5.66. The van der Waals surface area contributed by atoms with E-state index in [0.29, 0.717) is 12.5 Å². The van der Waals surface area contributed by atoms with Gasteiger partial charge in [0.15, 0.2) is 0 Å². The van der Waals surface area contributed by atoms with Crippen LogP contribution in [0.5, 0.6) is 0 Å². The van der Waals surface area contributed by atoms with Gasteiger partial charge in [-0.2, -0.15) is 0 Å². The highest BCUT2D eigenvalue weighted by Crippen LogP contribution is 2.31. The van der Waals surface area contributed by atoms with Gasteiger partial charge in [-0.15, -0.1) is 0 Å². The molecule has 0 aliphatic heterocycles. The third-order valence-corrected chi connectivity index (χ3v) is 4.52. The van der Waals surface area contributed by atoms with Crippen LogP contribution in [0.1, 0.15) is 52.9 Å². The topological polar surface area (TPSA) is 41.1 Å². The molecule has 21 heavy (non-hydrogen) atoms. The Labute approximate surface area is 128 Å². The van der Waals surface area contributed by atoms with E-state index in [-0.39, 0.29) is 5.91 Å². The number of rotatable bonds is 5. The second-order valence-corrected chi connectivity index (χ2v) is 6.49. The molecule has 1 aliphatic carbocycles. The maximum absolute atomic E-state index is 11.4. The van der Waals surface area contributed by atoms with Gasteiger partial charge in [-0.1, -0.05) is 33.6 Å². The molecule has 1 aromatic carbocycles. The first-order valence-corrected chi connectivity index (χ1v) is 8.25. The van der Waals surface area contributed by atoms with E-state index in [0.717, 1.165) is 23.2 Å². The predicted octanol–water partition coefficient (Wildman–Crippen LogP) is 4.66. The lowest BCUT2D eigenvalue weighted by Crippen LogP contribution is -2.29. The fourth-order valence-corrected chi connectivity index (χ4v) is 3.10. The molecule has 3 heteroatoms.